The van der Waals surface area contributed by atoms with Crippen molar-refractivity contribution in [2.24, 2.45) is 0 Å². The molecule has 5 nitrogen and oxygen atoms in total. The average molecular weight is 445 g/mol. The van der Waals surface area contributed by atoms with Gasteiger partial charge in [-0.15, -0.1) is 0 Å². The zero-order chi connectivity index (χ0) is 22.9. The summed E-state index contributed by atoms with van der Waals surface area (Å²) in [6.07, 6.45) is 3.24. The first-order chi connectivity index (χ1) is 16.2. The fourth-order valence-corrected chi connectivity index (χ4v) is 4.32. The van der Waals surface area contributed by atoms with Crippen LogP contribution >= 0.6 is 0 Å². The van der Waals surface area contributed by atoms with Gasteiger partial charge in [-0.1, -0.05) is 66.2 Å². The smallest absolute Gasteiger partial charge is 0.212 e. The number of β-amino-alcohol motifs (C(OH)–C–C–N with tert-alkyl or cyclic N) is 1. The summed E-state index contributed by atoms with van der Waals surface area (Å²) < 4.78 is 10.8. The van der Waals surface area contributed by atoms with Crippen LogP contribution in [0.3, 0.4) is 0 Å². The number of methoxy groups -OCH3 is 1. The van der Waals surface area contributed by atoms with Crippen molar-refractivity contribution in [2.75, 3.05) is 33.4 Å². The van der Waals surface area contributed by atoms with Crippen molar-refractivity contribution < 1.29 is 14.6 Å². The molecule has 1 unspecified atom stereocenters. The van der Waals surface area contributed by atoms with Gasteiger partial charge in [-0.25, -0.2) is 4.98 Å². The number of hydrogen-bond donors (Lipinski definition) is 1. The van der Waals surface area contributed by atoms with Crippen molar-refractivity contribution >= 4 is 5.57 Å². The molecule has 172 valence electrons. The molecule has 1 saturated heterocycles. The number of ether oxygens (including phenoxy) is 2. The Labute approximate surface area is 196 Å². The molecular weight excluding hydrogens is 412 g/mol. The van der Waals surface area contributed by atoms with Crippen LogP contribution in [0.4, 0.5) is 0 Å². The van der Waals surface area contributed by atoms with Crippen molar-refractivity contribution in [3.8, 4) is 5.88 Å². The third-order valence-electron chi connectivity index (χ3n) is 5.99. The normalized spacial score (nSPS) is 15.3. The minimum Gasteiger partial charge on any atom is -0.481 e. The summed E-state index contributed by atoms with van der Waals surface area (Å²) in [6, 6.07) is 25.1. The molecule has 2 heterocycles. The number of benzene rings is 2. The molecule has 1 aromatic heterocycles. The van der Waals surface area contributed by atoms with Crippen LogP contribution in [0.15, 0.2) is 84.6 Å². The van der Waals surface area contributed by atoms with Crippen LogP contribution in [-0.2, 0) is 11.3 Å². The first-order valence-electron chi connectivity index (χ1n) is 11.5. The molecule has 1 N–H and O–H groups in total. The van der Waals surface area contributed by atoms with E-state index in [0.29, 0.717) is 25.6 Å². The second-order valence-electron chi connectivity index (χ2n) is 8.39. The van der Waals surface area contributed by atoms with Gasteiger partial charge in [0.05, 0.1) is 26.4 Å². The first kappa shape index (κ1) is 23.2. The maximum Gasteiger partial charge on any atom is 0.212 e. The number of piperidine rings is 1. The molecule has 2 aromatic carbocycles. The highest BCUT2D eigenvalue weighted by atomic mass is 16.5. The second kappa shape index (κ2) is 11.8. The number of aliphatic hydroxyl groups is 1. The molecule has 0 radical (unpaired) electrons. The molecule has 1 fully saturated rings. The van der Waals surface area contributed by atoms with Crippen LogP contribution in [0.1, 0.15) is 29.5 Å². The summed E-state index contributed by atoms with van der Waals surface area (Å²) in [5.74, 6) is 0.583. The summed E-state index contributed by atoms with van der Waals surface area (Å²) in [7, 11) is 1.60. The number of pyridine rings is 1. The summed E-state index contributed by atoms with van der Waals surface area (Å²) in [6.45, 7) is 3.25. The second-order valence-corrected chi connectivity index (χ2v) is 8.39. The average Bonchev–Trinajstić information content (AvgIpc) is 2.87. The Hall–Kier alpha value is -2.99. The molecule has 5 heteroatoms. The molecule has 0 spiro atoms. The Morgan fingerprint density at radius 1 is 0.939 bits per heavy atom. The summed E-state index contributed by atoms with van der Waals surface area (Å²) in [4.78, 5) is 6.51. The van der Waals surface area contributed by atoms with Crippen molar-refractivity contribution in [1.29, 1.82) is 0 Å². The maximum absolute atomic E-state index is 10.5. The van der Waals surface area contributed by atoms with E-state index in [1.165, 1.54) is 22.3 Å². The van der Waals surface area contributed by atoms with E-state index in [9.17, 15) is 5.11 Å². The summed E-state index contributed by atoms with van der Waals surface area (Å²) in [5, 5.41) is 10.5. The molecule has 4 rings (SSSR count). The SMILES string of the molecule is COc1ccc(COCC(O)CN2CCC(=C(c3ccccc3)c3ccccc3)CC2)cn1. The lowest BCUT2D eigenvalue weighted by Gasteiger charge is -2.31. The van der Waals surface area contributed by atoms with Crippen molar-refractivity contribution in [2.45, 2.75) is 25.6 Å². The number of likely N-dealkylation sites (tertiary alicyclic amines) is 1. The standard InChI is InChI=1S/C28H32N2O3/c1-32-27-13-12-22(18-29-27)20-33-21-26(31)19-30-16-14-25(15-17-30)28(23-8-4-2-5-9-23)24-10-6-3-7-11-24/h2-13,18,26,31H,14-17,19-21H2,1H3. The number of aliphatic hydroxyl groups excluding tert-OH is 1. The third-order valence-corrected chi connectivity index (χ3v) is 5.99. The van der Waals surface area contributed by atoms with Gasteiger partial charge in [0, 0.05) is 31.9 Å². The van der Waals surface area contributed by atoms with Crippen molar-refractivity contribution in [3.63, 3.8) is 0 Å². The number of hydrogen-bond acceptors (Lipinski definition) is 5. The monoisotopic (exact) mass is 444 g/mol. The van der Waals surface area contributed by atoms with E-state index in [0.717, 1.165) is 31.5 Å². The highest BCUT2D eigenvalue weighted by Crippen LogP contribution is 2.32. The van der Waals surface area contributed by atoms with Crippen LogP contribution in [0.25, 0.3) is 5.57 Å². The van der Waals surface area contributed by atoms with Gasteiger partial charge in [0.25, 0.3) is 0 Å². The lowest BCUT2D eigenvalue weighted by atomic mass is 9.88. The van der Waals surface area contributed by atoms with E-state index in [2.05, 4.69) is 70.5 Å². The van der Waals surface area contributed by atoms with Gasteiger partial charge in [0.2, 0.25) is 5.88 Å². The lowest BCUT2D eigenvalue weighted by Crippen LogP contribution is -2.38. The van der Waals surface area contributed by atoms with E-state index < -0.39 is 6.10 Å². The summed E-state index contributed by atoms with van der Waals surface area (Å²) in [5.41, 5.74) is 6.35. The van der Waals surface area contributed by atoms with E-state index in [4.69, 9.17) is 9.47 Å². The van der Waals surface area contributed by atoms with Gasteiger partial charge in [0.15, 0.2) is 0 Å². The van der Waals surface area contributed by atoms with Gasteiger partial charge >= 0.3 is 0 Å². The molecular formula is C28H32N2O3. The summed E-state index contributed by atoms with van der Waals surface area (Å²) >= 11 is 0. The van der Waals surface area contributed by atoms with Crippen LogP contribution < -0.4 is 4.74 Å². The fourth-order valence-electron chi connectivity index (χ4n) is 4.32. The van der Waals surface area contributed by atoms with Gasteiger partial charge < -0.3 is 19.5 Å². The predicted octanol–water partition coefficient (Wildman–Crippen LogP) is 4.57. The molecule has 0 amide bonds. The Balaban J connectivity index is 1.31. The molecule has 3 aromatic rings. The Bertz CT molecular complexity index is 969. The van der Waals surface area contributed by atoms with E-state index in [1.54, 1.807) is 13.3 Å². The quantitative estimate of drug-likeness (QED) is 0.524. The Morgan fingerprint density at radius 3 is 2.12 bits per heavy atom. The largest absolute Gasteiger partial charge is 0.481 e. The zero-order valence-corrected chi connectivity index (χ0v) is 19.2. The van der Waals surface area contributed by atoms with Gasteiger partial charge in [-0.2, -0.15) is 0 Å². The number of nitrogens with zero attached hydrogens (tertiary/aromatic N) is 2. The maximum atomic E-state index is 10.5. The minimum absolute atomic E-state index is 0.310. The van der Waals surface area contributed by atoms with Crippen LogP contribution in [0, 0.1) is 0 Å². The minimum atomic E-state index is -0.510. The molecule has 0 saturated carbocycles. The van der Waals surface area contributed by atoms with E-state index in [-0.39, 0.29) is 0 Å². The highest BCUT2D eigenvalue weighted by molar-refractivity contribution is 5.82. The highest BCUT2D eigenvalue weighted by Gasteiger charge is 2.20. The molecule has 1 aliphatic rings. The molecule has 0 aliphatic carbocycles. The fraction of sp³-hybridized carbons (Fsp3) is 0.321. The van der Waals surface area contributed by atoms with Crippen molar-refractivity contribution in [3.05, 3.63) is 101 Å². The Kier molecular flexibility index (Phi) is 8.25. The predicted molar refractivity (Wildman–Crippen MR) is 131 cm³/mol. The number of rotatable bonds is 9. The molecule has 1 atom stereocenters. The zero-order valence-electron chi connectivity index (χ0n) is 19.2. The lowest BCUT2D eigenvalue weighted by molar-refractivity contribution is 0.00870. The van der Waals surface area contributed by atoms with Crippen LogP contribution in [0.5, 0.6) is 5.88 Å². The van der Waals surface area contributed by atoms with Crippen LogP contribution in [0.2, 0.25) is 0 Å². The first-order valence-corrected chi connectivity index (χ1v) is 11.5. The van der Waals surface area contributed by atoms with Gasteiger partial charge in [-0.3, -0.25) is 0 Å². The van der Waals surface area contributed by atoms with E-state index in [1.807, 2.05) is 12.1 Å². The molecule has 33 heavy (non-hydrogen) atoms. The molecule has 0 bridgehead atoms. The number of aromatic nitrogens is 1. The third kappa shape index (κ3) is 6.51. The molecule has 1 aliphatic heterocycles. The van der Waals surface area contributed by atoms with Gasteiger partial charge in [0.1, 0.15) is 0 Å². The Morgan fingerprint density at radius 2 is 1.58 bits per heavy atom. The van der Waals surface area contributed by atoms with E-state index >= 15 is 0 Å². The van der Waals surface area contributed by atoms with Gasteiger partial charge in [-0.05, 0) is 41.2 Å². The van der Waals surface area contributed by atoms with Crippen LogP contribution in [-0.4, -0.2) is 54.4 Å². The van der Waals surface area contributed by atoms with Crippen molar-refractivity contribution in [1.82, 2.24) is 9.88 Å². The topological polar surface area (TPSA) is 54.8 Å².